The van der Waals surface area contributed by atoms with E-state index in [1.807, 2.05) is 0 Å². The number of hydrogen-bond acceptors (Lipinski definition) is 3. The average molecular weight is 252 g/mol. The predicted octanol–water partition coefficient (Wildman–Crippen LogP) is 1.71. The molecule has 0 aromatic carbocycles. The van der Waals surface area contributed by atoms with Crippen molar-refractivity contribution in [2.45, 2.75) is 57.1 Å². The summed E-state index contributed by atoms with van der Waals surface area (Å²) in [7, 11) is 0. The van der Waals surface area contributed by atoms with Gasteiger partial charge in [-0.15, -0.1) is 0 Å². The molecule has 104 valence electrons. The fourth-order valence-corrected chi connectivity index (χ4v) is 4.14. The number of aliphatic hydroxyl groups is 1. The Kier molecular flexibility index (Phi) is 4.22. The van der Waals surface area contributed by atoms with Gasteiger partial charge in [-0.1, -0.05) is 12.8 Å². The van der Waals surface area contributed by atoms with E-state index >= 15 is 0 Å². The quantitative estimate of drug-likeness (QED) is 0.825. The molecule has 3 nitrogen and oxygen atoms in total. The first-order chi connectivity index (χ1) is 8.83. The predicted molar refractivity (Wildman–Crippen MR) is 73.6 cm³/mol. The van der Waals surface area contributed by atoms with Gasteiger partial charge >= 0.3 is 0 Å². The van der Waals surface area contributed by atoms with Gasteiger partial charge in [-0.2, -0.15) is 0 Å². The molecule has 1 aliphatic carbocycles. The van der Waals surface area contributed by atoms with Gasteiger partial charge in [-0.05, 0) is 57.7 Å². The summed E-state index contributed by atoms with van der Waals surface area (Å²) in [6.07, 6.45) is 9.20. The van der Waals surface area contributed by atoms with Crippen molar-refractivity contribution in [2.75, 3.05) is 32.7 Å². The first-order valence-corrected chi connectivity index (χ1v) is 7.97. The first-order valence-electron chi connectivity index (χ1n) is 7.97. The second-order valence-electron chi connectivity index (χ2n) is 6.56. The number of β-amino-alcohol motifs (C(OH)–C–C–N with tert-alkyl or cyclic N) is 1. The summed E-state index contributed by atoms with van der Waals surface area (Å²) in [5.74, 6) is 0.593. The molecule has 1 N–H and O–H groups in total. The molecule has 0 spiro atoms. The highest BCUT2D eigenvalue weighted by molar-refractivity contribution is 4.87. The van der Waals surface area contributed by atoms with Gasteiger partial charge in [0.15, 0.2) is 0 Å². The molecular formula is C15H28N2O. The molecule has 0 aromatic rings. The van der Waals surface area contributed by atoms with Gasteiger partial charge in [0.1, 0.15) is 0 Å². The van der Waals surface area contributed by atoms with Gasteiger partial charge in [0.05, 0.1) is 6.10 Å². The van der Waals surface area contributed by atoms with Crippen LogP contribution in [0.3, 0.4) is 0 Å². The maximum atomic E-state index is 10.3. The molecule has 1 saturated carbocycles. The Labute approximate surface area is 111 Å². The molecule has 3 aliphatic rings. The van der Waals surface area contributed by atoms with Crippen LogP contribution in [0.25, 0.3) is 0 Å². The van der Waals surface area contributed by atoms with Crippen LogP contribution in [-0.2, 0) is 0 Å². The third-order valence-electron chi connectivity index (χ3n) is 5.29. The van der Waals surface area contributed by atoms with E-state index in [0.29, 0.717) is 5.92 Å². The molecule has 3 heteroatoms. The highest BCUT2D eigenvalue weighted by Gasteiger charge is 2.32. The van der Waals surface area contributed by atoms with Crippen molar-refractivity contribution < 1.29 is 5.11 Å². The van der Waals surface area contributed by atoms with Gasteiger partial charge in [0.2, 0.25) is 0 Å². The topological polar surface area (TPSA) is 26.7 Å². The van der Waals surface area contributed by atoms with Crippen molar-refractivity contribution in [3.05, 3.63) is 0 Å². The minimum atomic E-state index is -0.0650. The van der Waals surface area contributed by atoms with Crippen LogP contribution in [0.5, 0.6) is 0 Å². The minimum Gasteiger partial charge on any atom is -0.392 e. The van der Waals surface area contributed by atoms with Gasteiger partial charge in [-0.3, -0.25) is 9.80 Å². The van der Waals surface area contributed by atoms with Crippen molar-refractivity contribution in [1.82, 2.24) is 9.80 Å². The van der Waals surface area contributed by atoms with Gasteiger partial charge in [0.25, 0.3) is 0 Å². The van der Waals surface area contributed by atoms with Crippen LogP contribution < -0.4 is 0 Å². The summed E-state index contributed by atoms with van der Waals surface area (Å²) in [5, 5.41) is 10.3. The van der Waals surface area contributed by atoms with Crippen LogP contribution in [0.2, 0.25) is 0 Å². The second-order valence-corrected chi connectivity index (χ2v) is 6.56. The fourth-order valence-electron chi connectivity index (χ4n) is 4.14. The summed E-state index contributed by atoms with van der Waals surface area (Å²) in [4.78, 5) is 5.17. The SMILES string of the molecule is OC(CN1CCC(N2CCCC2)C1)C1CCCC1. The number of aliphatic hydroxyl groups excluding tert-OH is 1. The summed E-state index contributed by atoms with van der Waals surface area (Å²) in [6, 6.07) is 0.781. The highest BCUT2D eigenvalue weighted by Crippen LogP contribution is 2.29. The normalized spacial score (nSPS) is 33.5. The van der Waals surface area contributed by atoms with Crippen molar-refractivity contribution in [2.24, 2.45) is 5.92 Å². The van der Waals surface area contributed by atoms with E-state index in [0.717, 1.165) is 12.6 Å². The summed E-state index contributed by atoms with van der Waals surface area (Å²) in [5.41, 5.74) is 0. The zero-order chi connectivity index (χ0) is 12.4. The minimum absolute atomic E-state index is 0.0650. The van der Waals surface area contributed by atoms with Crippen LogP contribution in [-0.4, -0.2) is 59.8 Å². The molecule has 2 aliphatic heterocycles. The van der Waals surface area contributed by atoms with Gasteiger partial charge in [-0.25, -0.2) is 0 Å². The molecule has 2 atom stereocenters. The molecule has 0 aromatic heterocycles. The van der Waals surface area contributed by atoms with E-state index in [-0.39, 0.29) is 6.10 Å². The monoisotopic (exact) mass is 252 g/mol. The molecule has 3 rings (SSSR count). The van der Waals surface area contributed by atoms with Crippen LogP contribution >= 0.6 is 0 Å². The standard InChI is InChI=1S/C15H28N2O/c18-15(13-5-1-2-6-13)12-16-10-7-14(11-16)17-8-3-4-9-17/h13-15,18H,1-12H2. The summed E-state index contributed by atoms with van der Waals surface area (Å²) in [6.45, 7) is 5.94. The first kappa shape index (κ1) is 12.9. The largest absolute Gasteiger partial charge is 0.392 e. The zero-order valence-corrected chi connectivity index (χ0v) is 11.6. The molecule has 0 bridgehead atoms. The molecule has 2 unspecified atom stereocenters. The Morgan fingerprint density at radius 2 is 1.67 bits per heavy atom. The Morgan fingerprint density at radius 1 is 0.944 bits per heavy atom. The Morgan fingerprint density at radius 3 is 2.39 bits per heavy atom. The van der Waals surface area contributed by atoms with Crippen LogP contribution in [0.1, 0.15) is 44.9 Å². The highest BCUT2D eigenvalue weighted by atomic mass is 16.3. The number of rotatable bonds is 4. The number of likely N-dealkylation sites (tertiary alicyclic amines) is 2. The Hall–Kier alpha value is -0.120. The molecule has 0 amide bonds. The lowest BCUT2D eigenvalue weighted by Gasteiger charge is -2.26. The smallest absolute Gasteiger partial charge is 0.0695 e. The van der Waals surface area contributed by atoms with E-state index in [1.165, 1.54) is 71.1 Å². The van der Waals surface area contributed by atoms with Crippen molar-refractivity contribution in [3.63, 3.8) is 0 Å². The molecule has 2 heterocycles. The lowest BCUT2D eigenvalue weighted by Crippen LogP contribution is -2.38. The molecule has 0 radical (unpaired) electrons. The average Bonchev–Trinajstić information content (AvgIpc) is 3.12. The van der Waals surface area contributed by atoms with E-state index in [1.54, 1.807) is 0 Å². The van der Waals surface area contributed by atoms with E-state index < -0.39 is 0 Å². The third kappa shape index (κ3) is 2.89. The molecular weight excluding hydrogens is 224 g/mol. The molecule has 18 heavy (non-hydrogen) atoms. The van der Waals surface area contributed by atoms with Crippen LogP contribution in [0.4, 0.5) is 0 Å². The fraction of sp³-hybridized carbons (Fsp3) is 1.00. The van der Waals surface area contributed by atoms with E-state index in [2.05, 4.69) is 9.80 Å². The van der Waals surface area contributed by atoms with Crippen molar-refractivity contribution in [3.8, 4) is 0 Å². The van der Waals surface area contributed by atoms with Gasteiger partial charge < -0.3 is 5.11 Å². The maximum absolute atomic E-state index is 10.3. The lowest BCUT2D eigenvalue weighted by atomic mass is 10.0. The molecule has 3 fully saturated rings. The Bertz CT molecular complexity index is 259. The number of nitrogens with zero attached hydrogens (tertiary/aromatic N) is 2. The molecule has 2 saturated heterocycles. The zero-order valence-electron chi connectivity index (χ0n) is 11.6. The van der Waals surface area contributed by atoms with Crippen molar-refractivity contribution >= 4 is 0 Å². The summed E-state index contributed by atoms with van der Waals surface area (Å²) < 4.78 is 0. The van der Waals surface area contributed by atoms with Crippen LogP contribution in [0.15, 0.2) is 0 Å². The van der Waals surface area contributed by atoms with E-state index in [4.69, 9.17) is 0 Å². The van der Waals surface area contributed by atoms with E-state index in [9.17, 15) is 5.11 Å². The van der Waals surface area contributed by atoms with Crippen LogP contribution in [0, 0.1) is 5.92 Å². The van der Waals surface area contributed by atoms with Gasteiger partial charge in [0, 0.05) is 19.1 Å². The second kappa shape index (κ2) is 5.89. The van der Waals surface area contributed by atoms with Crippen molar-refractivity contribution in [1.29, 1.82) is 0 Å². The summed E-state index contributed by atoms with van der Waals surface area (Å²) >= 11 is 0. The number of hydrogen-bond donors (Lipinski definition) is 1. The Balaban J connectivity index is 1.43. The third-order valence-corrected chi connectivity index (χ3v) is 5.29. The lowest BCUT2D eigenvalue weighted by molar-refractivity contribution is 0.0713. The maximum Gasteiger partial charge on any atom is 0.0695 e.